The van der Waals surface area contributed by atoms with Crippen LogP contribution in [0.4, 0.5) is 11.4 Å². The van der Waals surface area contributed by atoms with Gasteiger partial charge in [-0.3, -0.25) is 0 Å². The Labute approximate surface area is 118 Å². The highest BCUT2D eigenvalue weighted by Crippen LogP contribution is 2.34. The average Bonchev–Trinajstić information content (AvgIpc) is 2.82. The first-order chi connectivity index (χ1) is 9.16. The number of anilines is 2. The molecule has 2 aromatic rings. The van der Waals surface area contributed by atoms with Crippen molar-refractivity contribution in [2.45, 2.75) is 13.3 Å². The molecule has 0 bridgehead atoms. The van der Waals surface area contributed by atoms with Gasteiger partial charge in [-0.15, -0.1) is 0 Å². The van der Waals surface area contributed by atoms with Gasteiger partial charge in [-0.1, -0.05) is 30.4 Å². The third-order valence-corrected chi connectivity index (χ3v) is 3.89. The molecule has 2 N–H and O–H groups in total. The Kier molecular flexibility index (Phi) is 2.99. The van der Waals surface area contributed by atoms with E-state index in [2.05, 4.69) is 48.2 Å². The lowest BCUT2D eigenvalue weighted by Gasteiger charge is -2.20. The number of hydrogen-bond acceptors (Lipinski definition) is 2. The van der Waals surface area contributed by atoms with Crippen molar-refractivity contribution in [2.24, 2.45) is 5.73 Å². The molecule has 2 aromatic carbocycles. The molecule has 1 aliphatic rings. The van der Waals surface area contributed by atoms with Crippen LogP contribution in [-0.4, -0.2) is 11.5 Å². The Morgan fingerprint density at radius 1 is 1.21 bits per heavy atom. The second kappa shape index (κ2) is 4.67. The molecule has 2 nitrogen and oxygen atoms in total. The van der Waals surface area contributed by atoms with Crippen LogP contribution in [-0.2, 0) is 6.42 Å². The molecular weight excluding hydrogens is 252 g/mol. The second-order valence-electron chi connectivity index (χ2n) is 4.89. The Hall–Kier alpha value is -1.87. The van der Waals surface area contributed by atoms with E-state index in [0.29, 0.717) is 4.99 Å². The van der Waals surface area contributed by atoms with Crippen LogP contribution in [0.1, 0.15) is 16.7 Å². The fourth-order valence-electron chi connectivity index (χ4n) is 2.70. The average molecular weight is 268 g/mol. The summed E-state index contributed by atoms with van der Waals surface area (Å²) >= 11 is 5.05. The third-order valence-electron chi connectivity index (χ3n) is 3.67. The highest BCUT2D eigenvalue weighted by molar-refractivity contribution is 7.80. The summed E-state index contributed by atoms with van der Waals surface area (Å²) < 4.78 is 0. The van der Waals surface area contributed by atoms with E-state index >= 15 is 0 Å². The van der Waals surface area contributed by atoms with Crippen molar-refractivity contribution in [3.05, 3.63) is 59.2 Å². The van der Waals surface area contributed by atoms with Gasteiger partial charge in [-0.25, -0.2) is 0 Å². The number of thiocarbonyl (C=S) groups is 1. The van der Waals surface area contributed by atoms with E-state index in [4.69, 9.17) is 18.0 Å². The third kappa shape index (κ3) is 2.10. The van der Waals surface area contributed by atoms with Crippen LogP contribution in [0.15, 0.2) is 42.5 Å². The summed E-state index contributed by atoms with van der Waals surface area (Å²) in [6, 6.07) is 14.9. The van der Waals surface area contributed by atoms with Crippen molar-refractivity contribution in [1.82, 2.24) is 0 Å². The second-order valence-corrected chi connectivity index (χ2v) is 5.33. The standard InChI is InChI=1S/C16H16N2S/c1-11-10-13(6-7-14(11)16(17)19)18-9-8-12-4-2-3-5-15(12)18/h2-7,10H,8-9H2,1H3,(H2,17,19). The predicted octanol–water partition coefficient (Wildman–Crippen LogP) is 3.32. The summed E-state index contributed by atoms with van der Waals surface area (Å²) in [5.41, 5.74) is 11.7. The van der Waals surface area contributed by atoms with Crippen molar-refractivity contribution in [3.8, 4) is 0 Å². The maximum atomic E-state index is 5.71. The quantitative estimate of drug-likeness (QED) is 0.847. The number of aryl methyl sites for hydroxylation is 1. The van der Waals surface area contributed by atoms with Crippen LogP contribution in [0.3, 0.4) is 0 Å². The van der Waals surface area contributed by atoms with E-state index < -0.39 is 0 Å². The maximum Gasteiger partial charge on any atom is 0.104 e. The van der Waals surface area contributed by atoms with Crippen molar-refractivity contribution in [2.75, 3.05) is 11.4 Å². The molecule has 3 rings (SSSR count). The molecule has 0 fully saturated rings. The molecule has 0 radical (unpaired) electrons. The van der Waals surface area contributed by atoms with E-state index in [-0.39, 0.29) is 0 Å². The van der Waals surface area contributed by atoms with Gasteiger partial charge in [0.25, 0.3) is 0 Å². The van der Waals surface area contributed by atoms with Crippen molar-refractivity contribution >= 4 is 28.6 Å². The minimum atomic E-state index is 0.464. The Morgan fingerprint density at radius 2 is 2.00 bits per heavy atom. The fourth-order valence-corrected chi connectivity index (χ4v) is 2.93. The van der Waals surface area contributed by atoms with Crippen LogP contribution < -0.4 is 10.6 Å². The van der Waals surface area contributed by atoms with E-state index in [1.165, 1.54) is 16.9 Å². The molecule has 0 amide bonds. The van der Waals surface area contributed by atoms with E-state index in [1.807, 2.05) is 6.07 Å². The number of rotatable bonds is 2. The summed E-state index contributed by atoms with van der Waals surface area (Å²) in [6.45, 7) is 3.09. The van der Waals surface area contributed by atoms with Gasteiger partial charge in [0.1, 0.15) is 4.99 Å². The van der Waals surface area contributed by atoms with Gasteiger partial charge < -0.3 is 10.6 Å². The molecule has 0 atom stereocenters. The molecule has 3 heteroatoms. The SMILES string of the molecule is Cc1cc(N2CCc3ccccc32)ccc1C(N)=S. The molecule has 0 saturated carbocycles. The summed E-state index contributed by atoms with van der Waals surface area (Å²) in [5, 5.41) is 0. The number of nitrogens with two attached hydrogens (primary N) is 1. The Morgan fingerprint density at radius 3 is 2.74 bits per heavy atom. The van der Waals surface area contributed by atoms with Gasteiger partial charge in [0.05, 0.1) is 0 Å². The summed E-state index contributed by atoms with van der Waals surface area (Å²) in [6.07, 6.45) is 1.10. The normalized spacial score (nSPS) is 13.4. The van der Waals surface area contributed by atoms with Crippen LogP contribution in [0.25, 0.3) is 0 Å². The van der Waals surface area contributed by atoms with Gasteiger partial charge >= 0.3 is 0 Å². The maximum absolute atomic E-state index is 5.71. The topological polar surface area (TPSA) is 29.3 Å². The van der Waals surface area contributed by atoms with Gasteiger partial charge in [0.2, 0.25) is 0 Å². The zero-order valence-corrected chi connectivity index (χ0v) is 11.7. The first kappa shape index (κ1) is 12.2. The van der Waals surface area contributed by atoms with Crippen LogP contribution in [0.5, 0.6) is 0 Å². The molecule has 0 spiro atoms. The van der Waals surface area contributed by atoms with Crippen LogP contribution in [0.2, 0.25) is 0 Å². The van der Waals surface area contributed by atoms with E-state index in [0.717, 1.165) is 24.1 Å². The molecule has 19 heavy (non-hydrogen) atoms. The highest BCUT2D eigenvalue weighted by Gasteiger charge is 2.20. The van der Waals surface area contributed by atoms with E-state index in [1.54, 1.807) is 0 Å². The fraction of sp³-hybridized carbons (Fsp3) is 0.188. The Balaban J connectivity index is 2.01. The smallest absolute Gasteiger partial charge is 0.104 e. The summed E-state index contributed by atoms with van der Waals surface area (Å²) in [5.74, 6) is 0. The molecule has 0 aromatic heterocycles. The van der Waals surface area contributed by atoms with Crippen LogP contribution >= 0.6 is 12.2 Å². The highest BCUT2D eigenvalue weighted by atomic mass is 32.1. The zero-order chi connectivity index (χ0) is 13.4. The van der Waals surface area contributed by atoms with E-state index in [9.17, 15) is 0 Å². The lowest BCUT2D eigenvalue weighted by Crippen LogP contribution is -2.15. The van der Waals surface area contributed by atoms with Gasteiger partial charge in [0.15, 0.2) is 0 Å². The predicted molar refractivity (Wildman–Crippen MR) is 84.2 cm³/mol. The zero-order valence-electron chi connectivity index (χ0n) is 10.9. The molecule has 0 aliphatic carbocycles. The number of nitrogens with zero attached hydrogens (tertiary/aromatic N) is 1. The minimum Gasteiger partial charge on any atom is -0.389 e. The van der Waals surface area contributed by atoms with Gasteiger partial charge in [-0.2, -0.15) is 0 Å². The first-order valence-electron chi connectivity index (χ1n) is 6.43. The number of fused-ring (bicyclic) bond motifs is 1. The van der Waals surface area contributed by atoms with Crippen molar-refractivity contribution < 1.29 is 0 Å². The molecule has 0 saturated heterocycles. The molecule has 1 aliphatic heterocycles. The van der Waals surface area contributed by atoms with Crippen molar-refractivity contribution in [1.29, 1.82) is 0 Å². The van der Waals surface area contributed by atoms with Crippen LogP contribution in [0, 0.1) is 6.92 Å². The lowest BCUT2D eigenvalue weighted by atomic mass is 10.1. The number of hydrogen-bond donors (Lipinski definition) is 1. The number of para-hydroxylation sites is 1. The number of benzene rings is 2. The largest absolute Gasteiger partial charge is 0.389 e. The Bertz CT molecular complexity index is 649. The minimum absolute atomic E-state index is 0.464. The lowest BCUT2D eigenvalue weighted by molar-refractivity contribution is 0.997. The monoisotopic (exact) mass is 268 g/mol. The van der Waals surface area contributed by atoms with Gasteiger partial charge in [-0.05, 0) is 48.7 Å². The molecule has 1 heterocycles. The molecule has 96 valence electrons. The molecular formula is C16H16N2S. The summed E-state index contributed by atoms with van der Waals surface area (Å²) in [7, 11) is 0. The van der Waals surface area contributed by atoms with Gasteiger partial charge in [0, 0.05) is 23.5 Å². The van der Waals surface area contributed by atoms with Crippen molar-refractivity contribution in [3.63, 3.8) is 0 Å². The first-order valence-corrected chi connectivity index (χ1v) is 6.83. The summed E-state index contributed by atoms with van der Waals surface area (Å²) in [4.78, 5) is 2.82. The molecule has 0 unspecified atom stereocenters.